The standard InChI is InChI=1S/C27H23N3O4S/c1-21-10-12-24(13-11-21)30(20-22-7-6-15-28-19-22)35(32,33)18-14-23-8-5-9-25(27(31)34-2)26(23)29-16-3-4-17-29/h3-13,15-17,19H,20H2,1-2H3. The highest BCUT2D eigenvalue weighted by molar-refractivity contribution is 7.97. The lowest BCUT2D eigenvalue weighted by Gasteiger charge is -2.21. The number of pyridine rings is 1. The Morgan fingerprint density at radius 1 is 1.03 bits per heavy atom. The van der Waals surface area contributed by atoms with Gasteiger partial charge in [0.1, 0.15) is 0 Å². The third-order valence-corrected chi connectivity index (χ3v) is 6.56. The molecule has 0 amide bonds. The minimum Gasteiger partial charge on any atom is -0.465 e. The highest BCUT2D eigenvalue weighted by Crippen LogP contribution is 2.23. The summed E-state index contributed by atoms with van der Waals surface area (Å²) in [5, 5.41) is 2.46. The fraction of sp³-hybridized carbons (Fsp3) is 0.111. The zero-order chi connectivity index (χ0) is 24.8. The van der Waals surface area contributed by atoms with Crippen LogP contribution in [0.3, 0.4) is 0 Å². The van der Waals surface area contributed by atoms with E-state index in [9.17, 15) is 13.2 Å². The molecule has 176 valence electrons. The number of esters is 1. The molecule has 0 N–H and O–H groups in total. The van der Waals surface area contributed by atoms with Gasteiger partial charge in [0.05, 0.1) is 41.4 Å². The third kappa shape index (κ3) is 5.42. The summed E-state index contributed by atoms with van der Waals surface area (Å²) >= 11 is 0. The number of rotatable bonds is 6. The van der Waals surface area contributed by atoms with E-state index in [1.165, 1.54) is 11.4 Å². The van der Waals surface area contributed by atoms with Crippen LogP contribution in [0.5, 0.6) is 0 Å². The molecule has 0 unspecified atom stereocenters. The summed E-state index contributed by atoms with van der Waals surface area (Å²) in [4.78, 5) is 16.5. The van der Waals surface area contributed by atoms with Crippen LogP contribution in [0.25, 0.3) is 5.69 Å². The number of hydrogen-bond donors (Lipinski definition) is 0. The Bertz CT molecular complexity index is 1490. The summed E-state index contributed by atoms with van der Waals surface area (Å²) in [7, 11) is -2.80. The second kappa shape index (κ2) is 10.3. The van der Waals surface area contributed by atoms with Crippen molar-refractivity contribution >= 4 is 21.7 Å². The number of carbonyl (C=O) groups excluding carboxylic acids is 1. The van der Waals surface area contributed by atoms with Gasteiger partial charge in [-0.25, -0.2) is 4.79 Å². The van der Waals surface area contributed by atoms with Crippen LogP contribution in [-0.4, -0.2) is 31.0 Å². The van der Waals surface area contributed by atoms with Gasteiger partial charge in [0.25, 0.3) is 0 Å². The largest absolute Gasteiger partial charge is 0.465 e. The lowest BCUT2D eigenvalue weighted by molar-refractivity contribution is 0.0600. The molecule has 35 heavy (non-hydrogen) atoms. The zero-order valence-electron chi connectivity index (χ0n) is 19.3. The lowest BCUT2D eigenvalue weighted by Crippen LogP contribution is -2.29. The second-order valence-electron chi connectivity index (χ2n) is 7.72. The number of aromatic nitrogens is 2. The molecule has 0 aliphatic carbocycles. The molecule has 8 heteroatoms. The summed E-state index contributed by atoms with van der Waals surface area (Å²) in [6, 6.07) is 19.3. The predicted octanol–water partition coefficient (Wildman–Crippen LogP) is 4.31. The molecule has 0 fully saturated rings. The summed E-state index contributed by atoms with van der Waals surface area (Å²) in [6.45, 7) is 2.00. The third-order valence-electron chi connectivity index (χ3n) is 5.28. The monoisotopic (exact) mass is 485 g/mol. The fourth-order valence-corrected chi connectivity index (χ4v) is 4.61. The van der Waals surface area contributed by atoms with Gasteiger partial charge in [-0.3, -0.25) is 9.29 Å². The van der Waals surface area contributed by atoms with Gasteiger partial charge in [-0.1, -0.05) is 29.8 Å². The van der Waals surface area contributed by atoms with Gasteiger partial charge in [0, 0.05) is 24.8 Å². The molecule has 2 aromatic carbocycles. The van der Waals surface area contributed by atoms with E-state index >= 15 is 0 Å². The Balaban J connectivity index is 1.80. The van der Waals surface area contributed by atoms with Gasteiger partial charge in [-0.2, -0.15) is 8.42 Å². The van der Waals surface area contributed by atoms with Gasteiger partial charge < -0.3 is 9.30 Å². The van der Waals surface area contributed by atoms with E-state index in [1.807, 2.05) is 19.1 Å². The van der Waals surface area contributed by atoms with Crippen molar-refractivity contribution in [2.45, 2.75) is 13.5 Å². The van der Waals surface area contributed by atoms with Crippen molar-refractivity contribution in [2.24, 2.45) is 0 Å². The molecule has 4 aromatic rings. The molecular weight excluding hydrogens is 462 g/mol. The lowest BCUT2D eigenvalue weighted by atomic mass is 10.1. The highest BCUT2D eigenvalue weighted by Gasteiger charge is 2.22. The molecule has 0 aliphatic heterocycles. The van der Waals surface area contributed by atoms with Crippen molar-refractivity contribution < 1.29 is 17.9 Å². The van der Waals surface area contributed by atoms with E-state index in [-0.39, 0.29) is 12.1 Å². The highest BCUT2D eigenvalue weighted by atomic mass is 32.2. The van der Waals surface area contributed by atoms with Crippen LogP contribution in [0, 0.1) is 18.1 Å². The molecule has 2 aromatic heterocycles. The predicted molar refractivity (Wildman–Crippen MR) is 135 cm³/mol. The maximum absolute atomic E-state index is 13.5. The van der Waals surface area contributed by atoms with Crippen molar-refractivity contribution in [2.75, 3.05) is 11.4 Å². The Labute approximate surface area is 204 Å². The number of anilines is 1. The number of nitrogens with zero attached hydrogens (tertiary/aromatic N) is 3. The number of aryl methyl sites for hydroxylation is 1. The SMILES string of the molecule is COC(=O)c1cccc(C#CS(=O)(=O)N(Cc2cccnc2)c2ccc(C)cc2)c1-n1cccc1. The van der Waals surface area contributed by atoms with Crippen molar-refractivity contribution in [3.63, 3.8) is 0 Å². The first-order chi connectivity index (χ1) is 16.9. The van der Waals surface area contributed by atoms with Crippen LogP contribution in [-0.2, 0) is 21.3 Å². The van der Waals surface area contributed by atoms with Crippen LogP contribution in [0.4, 0.5) is 5.69 Å². The van der Waals surface area contributed by atoms with Crippen LogP contribution in [0.15, 0.2) is 91.5 Å². The van der Waals surface area contributed by atoms with Crippen LogP contribution in [0.1, 0.15) is 27.0 Å². The van der Waals surface area contributed by atoms with Crippen molar-refractivity contribution in [3.8, 4) is 16.9 Å². The summed E-state index contributed by atoms with van der Waals surface area (Å²) in [6.07, 6.45) is 6.75. The molecule has 0 bridgehead atoms. The smallest absolute Gasteiger partial charge is 0.340 e. The van der Waals surface area contributed by atoms with Gasteiger partial charge in [-0.05, 0) is 60.9 Å². The zero-order valence-corrected chi connectivity index (χ0v) is 20.1. The van der Waals surface area contributed by atoms with E-state index in [2.05, 4.69) is 16.2 Å². The molecule has 0 saturated heterocycles. The van der Waals surface area contributed by atoms with Gasteiger partial charge in [0.15, 0.2) is 0 Å². The van der Waals surface area contributed by atoms with Crippen molar-refractivity contribution in [1.29, 1.82) is 0 Å². The molecule has 0 saturated carbocycles. The first-order valence-corrected chi connectivity index (χ1v) is 12.2. The van der Waals surface area contributed by atoms with E-state index in [0.717, 1.165) is 11.1 Å². The van der Waals surface area contributed by atoms with Crippen molar-refractivity contribution in [1.82, 2.24) is 9.55 Å². The first-order valence-electron chi connectivity index (χ1n) is 10.7. The van der Waals surface area contributed by atoms with Crippen LogP contribution in [0.2, 0.25) is 0 Å². The molecule has 0 atom stereocenters. The maximum atomic E-state index is 13.5. The second-order valence-corrected chi connectivity index (χ2v) is 9.31. The minimum atomic E-state index is -4.09. The van der Waals surface area contributed by atoms with Crippen LogP contribution >= 0.6 is 0 Å². The van der Waals surface area contributed by atoms with Gasteiger partial charge >= 0.3 is 16.0 Å². The van der Waals surface area contributed by atoms with E-state index in [0.29, 0.717) is 16.9 Å². The fourth-order valence-electron chi connectivity index (χ4n) is 3.54. The number of methoxy groups -OCH3 is 1. The number of ether oxygens (including phenoxy) is 1. The molecule has 0 aliphatic rings. The number of hydrogen-bond acceptors (Lipinski definition) is 5. The normalized spacial score (nSPS) is 10.8. The average Bonchev–Trinajstić information content (AvgIpc) is 3.41. The molecular formula is C27H23N3O4S. The molecule has 2 heterocycles. The average molecular weight is 486 g/mol. The Hall–Kier alpha value is -4.35. The first kappa shape index (κ1) is 23.8. The molecule has 0 radical (unpaired) electrons. The number of carbonyl (C=O) groups is 1. The Morgan fingerprint density at radius 3 is 2.43 bits per heavy atom. The van der Waals surface area contributed by atoms with Gasteiger partial charge in [-0.15, -0.1) is 0 Å². The summed E-state index contributed by atoms with van der Waals surface area (Å²) in [5.74, 6) is 2.24. The van der Waals surface area contributed by atoms with E-state index in [1.54, 1.807) is 84.0 Å². The van der Waals surface area contributed by atoms with E-state index < -0.39 is 16.0 Å². The van der Waals surface area contributed by atoms with Crippen LogP contribution < -0.4 is 4.31 Å². The Morgan fingerprint density at radius 2 is 1.77 bits per heavy atom. The number of sulfonamides is 1. The Kier molecular flexibility index (Phi) is 6.99. The summed E-state index contributed by atoms with van der Waals surface area (Å²) < 4.78 is 34.9. The quantitative estimate of drug-likeness (QED) is 0.300. The van der Waals surface area contributed by atoms with Crippen molar-refractivity contribution in [3.05, 3.63) is 114 Å². The van der Waals surface area contributed by atoms with E-state index in [4.69, 9.17) is 4.74 Å². The molecule has 0 spiro atoms. The molecule has 4 rings (SSSR count). The van der Waals surface area contributed by atoms with Gasteiger partial charge in [0.2, 0.25) is 0 Å². The number of benzene rings is 2. The number of para-hydroxylation sites is 1. The summed E-state index contributed by atoms with van der Waals surface area (Å²) in [5.41, 5.74) is 3.31. The maximum Gasteiger partial charge on any atom is 0.340 e. The topological polar surface area (TPSA) is 81.5 Å². The minimum absolute atomic E-state index is 0.0700. The molecule has 7 nitrogen and oxygen atoms in total.